The Bertz CT molecular complexity index is 416. The molecule has 0 radical (unpaired) electrons. The molecule has 1 aromatic carbocycles. The molecule has 1 saturated heterocycles. The van der Waals surface area contributed by atoms with Gasteiger partial charge in [0.2, 0.25) is 0 Å². The molecule has 2 aliphatic heterocycles. The van der Waals surface area contributed by atoms with Crippen LogP contribution in [-0.4, -0.2) is 25.2 Å². The predicted molar refractivity (Wildman–Crippen MR) is 70.0 cm³/mol. The predicted octanol–water partition coefficient (Wildman–Crippen LogP) is 2.66. The van der Waals surface area contributed by atoms with Crippen LogP contribution in [0.1, 0.15) is 19.3 Å². The van der Waals surface area contributed by atoms with Crippen LogP contribution in [0.25, 0.3) is 0 Å². The van der Waals surface area contributed by atoms with Crippen molar-refractivity contribution in [3.8, 4) is 5.75 Å². The Morgan fingerprint density at radius 1 is 1.12 bits per heavy atom. The molecule has 2 heterocycles. The van der Waals surface area contributed by atoms with E-state index in [1.807, 2.05) is 18.2 Å². The molecule has 0 aromatic heterocycles. The van der Waals surface area contributed by atoms with Gasteiger partial charge in [-0.3, -0.25) is 0 Å². The van der Waals surface area contributed by atoms with Crippen molar-refractivity contribution in [1.29, 1.82) is 0 Å². The van der Waals surface area contributed by atoms with E-state index in [-0.39, 0.29) is 5.60 Å². The summed E-state index contributed by atoms with van der Waals surface area (Å²) in [7, 11) is 0. The number of fused-ring (bicyclic) bond motifs is 1. The number of hydrogen-bond donors (Lipinski definition) is 2. The van der Waals surface area contributed by atoms with Crippen LogP contribution < -0.4 is 15.4 Å². The van der Waals surface area contributed by atoms with Gasteiger partial charge in [0.05, 0.1) is 5.69 Å². The molecular weight excluding hydrogens is 236 g/mol. The number of anilines is 1. The Morgan fingerprint density at radius 2 is 1.88 bits per heavy atom. The highest BCUT2D eigenvalue weighted by molar-refractivity contribution is 6.30. The molecule has 2 N–H and O–H groups in total. The Morgan fingerprint density at radius 3 is 2.71 bits per heavy atom. The molecule has 0 unspecified atom stereocenters. The molecule has 92 valence electrons. The first-order chi connectivity index (χ1) is 8.27. The summed E-state index contributed by atoms with van der Waals surface area (Å²) in [5.74, 6) is 0.939. The smallest absolute Gasteiger partial charge is 0.143 e. The zero-order valence-electron chi connectivity index (χ0n) is 9.76. The molecule has 1 spiro atoms. The summed E-state index contributed by atoms with van der Waals surface area (Å²) >= 11 is 6.00. The lowest BCUT2D eigenvalue weighted by atomic mass is 9.89. The second-order valence-corrected chi connectivity index (χ2v) is 5.29. The number of nitrogens with one attached hydrogen (secondary N) is 2. The minimum Gasteiger partial charge on any atom is -0.485 e. The highest BCUT2D eigenvalue weighted by atomic mass is 35.5. The molecule has 1 fully saturated rings. The van der Waals surface area contributed by atoms with Crippen LogP contribution >= 0.6 is 11.6 Å². The quantitative estimate of drug-likeness (QED) is 0.745. The minimum absolute atomic E-state index is 0.0112. The molecule has 0 atom stereocenters. The van der Waals surface area contributed by atoms with Gasteiger partial charge < -0.3 is 15.4 Å². The monoisotopic (exact) mass is 252 g/mol. The van der Waals surface area contributed by atoms with Gasteiger partial charge in [0, 0.05) is 18.0 Å². The van der Waals surface area contributed by atoms with E-state index in [1.54, 1.807) is 0 Å². The van der Waals surface area contributed by atoms with Crippen LogP contribution in [0.15, 0.2) is 18.2 Å². The third-order valence-corrected chi connectivity index (χ3v) is 3.91. The average Bonchev–Trinajstić information content (AvgIpc) is 2.49. The highest BCUT2D eigenvalue weighted by Gasteiger charge is 2.35. The second-order valence-electron chi connectivity index (χ2n) is 4.85. The van der Waals surface area contributed by atoms with Crippen LogP contribution in [0, 0.1) is 0 Å². The van der Waals surface area contributed by atoms with Crippen molar-refractivity contribution in [2.45, 2.75) is 24.9 Å². The molecule has 17 heavy (non-hydrogen) atoms. The van der Waals surface area contributed by atoms with Gasteiger partial charge >= 0.3 is 0 Å². The number of rotatable bonds is 0. The van der Waals surface area contributed by atoms with Crippen molar-refractivity contribution in [1.82, 2.24) is 5.32 Å². The first-order valence-corrected chi connectivity index (χ1v) is 6.58. The summed E-state index contributed by atoms with van der Waals surface area (Å²) in [6, 6.07) is 5.80. The van der Waals surface area contributed by atoms with E-state index in [0.29, 0.717) is 0 Å². The fraction of sp³-hybridized carbons (Fsp3) is 0.538. The van der Waals surface area contributed by atoms with Gasteiger partial charge in [-0.1, -0.05) is 11.6 Å². The van der Waals surface area contributed by atoms with Gasteiger partial charge in [-0.15, -0.1) is 0 Å². The molecule has 0 bridgehead atoms. The van der Waals surface area contributed by atoms with Crippen LogP contribution in [0.2, 0.25) is 5.02 Å². The average molecular weight is 253 g/mol. The summed E-state index contributed by atoms with van der Waals surface area (Å²) in [5, 5.41) is 7.55. The third kappa shape index (κ3) is 2.22. The van der Waals surface area contributed by atoms with Crippen molar-refractivity contribution in [2.75, 3.05) is 25.0 Å². The van der Waals surface area contributed by atoms with Crippen molar-refractivity contribution < 1.29 is 4.74 Å². The van der Waals surface area contributed by atoms with Crippen LogP contribution in [-0.2, 0) is 0 Å². The maximum atomic E-state index is 6.28. The Balaban J connectivity index is 1.90. The molecule has 0 aliphatic carbocycles. The topological polar surface area (TPSA) is 33.3 Å². The fourth-order valence-electron chi connectivity index (χ4n) is 2.67. The number of benzene rings is 1. The molecular formula is C13H17ClN2O. The van der Waals surface area contributed by atoms with Gasteiger partial charge in [-0.2, -0.15) is 0 Å². The van der Waals surface area contributed by atoms with Gasteiger partial charge in [-0.25, -0.2) is 0 Å². The van der Waals surface area contributed by atoms with Crippen molar-refractivity contribution in [3.05, 3.63) is 23.2 Å². The molecule has 1 aromatic rings. The molecule has 2 aliphatic rings. The molecule has 3 nitrogen and oxygen atoms in total. The van der Waals surface area contributed by atoms with E-state index in [9.17, 15) is 0 Å². The Kier molecular flexibility index (Phi) is 2.89. The SMILES string of the molecule is Clc1ccc2c(c1)NCCC1(CCNCC1)O2. The normalized spacial score (nSPS) is 22.2. The van der Waals surface area contributed by atoms with Crippen molar-refractivity contribution >= 4 is 17.3 Å². The Labute approximate surface area is 106 Å². The zero-order chi connectivity index (χ0) is 11.7. The summed E-state index contributed by atoms with van der Waals surface area (Å²) in [4.78, 5) is 0. The van der Waals surface area contributed by atoms with E-state index < -0.39 is 0 Å². The van der Waals surface area contributed by atoms with Gasteiger partial charge in [0.25, 0.3) is 0 Å². The van der Waals surface area contributed by atoms with E-state index in [4.69, 9.17) is 16.3 Å². The second kappa shape index (κ2) is 4.39. The van der Waals surface area contributed by atoms with Crippen molar-refractivity contribution in [2.24, 2.45) is 0 Å². The number of ether oxygens (including phenoxy) is 1. The molecule has 0 saturated carbocycles. The Hall–Kier alpha value is -0.930. The van der Waals surface area contributed by atoms with E-state index in [0.717, 1.165) is 55.4 Å². The lowest BCUT2D eigenvalue weighted by Gasteiger charge is -2.36. The summed E-state index contributed by atoms with van der Waals surface area (Å²) in [6.07, 6.45) is 3.22. The lowest BCUT2D eigenvalue weighted by molar-refractivity contribution is 0.0356. The van der Waals surface area contributed by atoms with Crippen LogP contribution in [0.5, 0.6) is 5.75 Å². The lowest BCUT2D eigenvalue weighted by Crippen LogP contribution is -2.46. The zero-order valence-corrected chi connectivity index (χ0v) is 10.5. The summed E-state index contributed by atoms with van der Waals surface area (Å²) < 4.78 is 6.28. The van der Waals surface area contributed by atoms with E-state index in [2.05, 4.69) is 10.6 Å². The molecule has 3 rings (SSSR count). The standard InChI is InChI=1S/C13H17ClN2O/c14-10-1-2-12-11(9-10)16-8-5-13(17-12)3-6-15-7-4-13/h1-2,9,15-16H,3-8H2. The maximum Gasteiger partial charge on any atom is 0.143 e. The minimum atomic E-state index is 0.0112. The highest BCUT2D eigenvalue weighted by Crippen LogP contribution is 2.37. The summed E-state index contributed by atoms with van der Waals surface area (Å²) in [6.45, 7) is 3.04. The number of piperidine rings is 1. The van der Waals surface area contributed by atoms with E-state index in [1.165, 1.54) is 0 Å². The first kappa shape index (κ1) is 11.2. The third-order valence-electron chi connectivity index (χ3n) is 3.68. The molecule has 0 amide bonds. The summed E-state index contributed by atoms with van der Waals surface area (Å²) in [5.41, 5.74) is 1.03. The number of halogens is 1. The van der Waals surface area contributed by atoms with Crippen LogP contribution in [0.3, 0.4) is 0 Å². The van der Waals surface area contributed by atoms with Crippen molar-refractivity contribution in [3.63, 3.8) is 0 Å². The van der Waals surface area contributed by atoms with Gasteiger partial charge in [0.15, 0.2) is 0 Å². The fourth-order valence-corrected chi connectivity index (χ4v) is 2.85. The maximum absolute atomic E-state index is 6.28. The number of hydrogen-bond acceptors (Lipinski definition) is 3. The van der Waals surface area contributed by atoms with E-state index >= 15 is 0 Å². The van der Waals surface area contributed by atoms with Gasteiger partial charge in [0.1, 0.15) is 11.4 Å². The van der Waals surface area contributed by atoms with Gasteiger partial charge in [-0.05, 0) is 44.1 Å². The largest absolute Gasteiger partial charge is 0.485 e. The van der Waals surface area contributed by atoms with Crippen LogP contribution in [0.4, 0.5) is 5.69 Å². The molecule has 4 heteroatoms. The first-order valence-electron chi connectivity index (χ1n) is 6.21.